The molecule has 2 rings (SSSR count). The summed E-state index contributed by atoms with van der Waals surface area (Å²) in [7, 11) is 0. The molecule has 0 saturated carbocycles. The van der Waals surface area contributed by atoms with Gasteiger partial charge in [0.1, 0.15) is 5.54 Å². The number of carbonyl (C=O) groups excluding carboxylic acids is 1. The lowest BCUT2D eigenvalue weighted by atomic mass is 10.0. The molecule has 1 aromatic heterocycles. The highest BCUT2D eigenvalue weighted by atomic mass is 35.5. The van der Waals surface area contributed by atoms with Crippen LogP contribution in [0, 0.1) is 13.8 Å². The fourth-order valence-electron chi connectivity index (χ4n) is 2.41. The first kappa shape index (κ1) is 19.3. The zero-order chi connectivity index (χ0) is 18.9. The van der Waals surface area contributed by atoms with E-state index in [0.29, 0.717) is 15.7 Å². The Morgan fingerprint density at radius 3 is 2.44 bits per heavy atom. The molecule has 0 aliphatic carbocycles. The van der Waals surface area contributed by atoms with Crippen LogP contribution in [0.1, 0.15) is 30.8 Å². The number of benzene rings is 1. The molecule has 1 amide bonds. The van der Waals surface area contributed by atoms with Crippen molar-refractivity contribution < 1.29 is 14.7 Å². The largest absolute Gasteiger partial charge is 0.480 e. The van der Waals surface area contributed by atoms with E-state index in [4.69, 9.17) is 28.3 Å². The molecular weight excluding hydrogens is 365 g/mol. The van der Waals surface area contributed by atoms with Crippen molar-refractivity contribution in [3.63, 3.8) is 0 Å². The lowest BCUT2D eigenvalue weighted by molar-refractivity contribution is -0.145. The highest BCUT2D eigenvalue weighted by Crippen LogP contribution is 2.26. The van der Waals surface area contributed by atoms with Gasteiger partial charge < -0.3 is 10.4 Å². The molecule has 1 aromatic carbocycles. The summed E-state index contributed by atoms with van der Waals surface area (Å²) in [6, 6.07) is 5.16. The number of amides is 1. The molecule has 0 fully saturated rings. The standard InChI is InChI=1S/C17H19Cl2N3O3/c1-9-12(8-15(23)20-17(3,4)16(24)25)10(2)22(21-9)11-5-6-13(18)14(19)7-11/h5-7H,8H2,1-4H3,(H,20,23)(H,24,25). The van der Waals surface area contributed by atoms with Crippen LogP contribution >= 0.6 is 23.2 Å². The van der Waals surface area contributed by atoms with Crippen LogP contribution in [0.2, 0.25) is 10.0 Å². The van der Waals surface area contributed by atoms with Crippen LogP contribution < -0.4 is 5.32 Å². The molecule has 6 nitrogen and oxygen atoms in total. The Balaban J connectivity index is 2.29. The van der Waals surface area contributed by atoms with E-state index in [-0.39, 0.29) is 12.3 Å². The average molecular weight is 384 g/mol. The van der Waals surface area contributed by atoms with Gasteiger partial charge in [0.25, 0.3) is 0 Å². The minimum Gasteiger partial charge on any atom is -0.480 e. The summed E-state index contributed by atoms with van der Waals surface area (Å²) in [5.74, 6) is -1.48. The Kier molecular flexibility index (Phi) is 5.44. The molecule has 8 heteroatoms. The highest BCUT2D eigenvalue weighted by Gasteiger charge is 2.29. The van der Waals surface area contributed by atoms with Crippen LogP contribution in [0.3, 0.4) is 0 Å². The van der Waals surface area contributed by atoms with Crippen LogP contribution in [0.15, 0.2) is 18.2 Å². The molecular formula is C17H19Cl2N3O3. The fourth-order valence-corrected chi connectivity index (χ4v) is 2.70. The molecule has 1 heterocycles. The number of nitrogens with one attached hydrogen (secondary N) is 1. The van der Waals surface area contributed by atoms with Crippen LogP contribution in [0.5, 0.6) is 0 Å². The maximum absolute atomic E-state index is 12.2. The lowest BCUT2D eigenvalue weighted by Crippen LogP contribution is -2.50. The minimum absolute atomic E-state index is 0.0374. The summed E-state index contributed by atoms with van der Waals surface area (Å²) >= 11 is 12.0. The Labute approximate surface area is 155 Å². The third kappa shape index (κ3) is 4.14. The summed E-state index contributed by atoms with van der Waals surface area (Å²) in [4.78, 5) is 23.4. The molecule has 2 aromatic rings. The number of nitrogens with zero attached hydrogens (tertiary/aromatic N) is 2. The van der Waals surface area contributed by atoms with E-state index >= 15 is 0 Å². The predicted molar refractivity (Wildman–Crippen MR) is 96.6 cm³/mol. The molecule has 0 spiro atoms. The van der Waals surface area contributed by atoms with Gasteiger partial charge in [-0.15, -0.1) is 0 Å². The maximum atomic E-state index is 12.2. The van der Waals surface area contributed by atoms with E-state index in [2.05, 4.69) is 10.4 Å². The van der Waals surface area contributed by atoms with Gasteiger partial charge in [0.2, 0.25) is 5.91 Å². The number of aromatic nitrogens is 2. The van der Waals surface area contributed by atoms with Crippen LogP contribution in [-0.2, 0) is 16.0 Å². The number of aryl methyl sites for hydroxylation is 1. The van der Waals surface area contributed by atoms with Crippen LogP contribution in [0.4, 0.5) is 0 Å². The van der Waals surface area contributed by atoms with Crippen molar-refractivity contribution in [2.75, 3.05) is 0 Å². The molecule has 25 heavy (non-hydrogen) atoms. The van der Waals surface area contributed by atoms with E-state index in [1.165, 1.54) is 13.8 Å². The van der Waals surface area contributed by atoms with E-state index in [0.717, 1.165) is 16.9 Å². The lowest BCUT2D eigenvalue weighted by Gasteiger charge is -2.21. The minimum atomic E-state index is -1.33. The number of aliphatic carboxylic acids is 1. The van der Waals surface area contributed by atoms with E-state index in [1.54, 1.807) is 29.8 Å². The highest BCUT2D eigenvalue weighted by molar-refractivity contribution is 6.42. The monoisotopic (exact) mass is 383 g/mol. The molecule has 134 valence electrons. The Bertz CT molecular complexity index is 844. The summed E-state index contributed by atoms with van der Waals surface area (Å²) in [6.07, 6.45) is 0.0374. The molecule has 2 N–H and O–H groups in total. The van der Waals surface area contributed by atoms with Gasteiger partial charge in [0.15, 0.2) is 0 Å². The van der Waals surface area contributed by atoms with Crippen LogP contribution in [0.25, 0.3) is 5.69 Å². The van der Waals surface area contributed by atoms with Crippen molar-refractivity contribution in [3.05, 3.63) is 45.2 Å². The molecule has 0 unspecified atom stereocenters. The van der Waals surface area contributed by atoms with Gasteiger partial charge in [-0.25, -0.2) is 9.48 Å². The van der Waals surface area contributed by atoms with Gasteiger partial charge in [0, 0.05) is 11.3 Å². The average Bonchev–Trinajstić information content (AvgIpc) is 2.77. The third-order valence-electron chi connectivity index (χ3n) is 3.91. The second kappa shape index (κ2) is 7.06. The topological polar surface area (TPSA) is 84.2 Å². The molecule has 0 aliphatic heterocycles. The molecule has 0 saturated heterocycles. The second-order valence-corrected chi connectivity index (χ2v) is 7.13. The van der Waals surface area contributed by atoms with Crippen molar-refractivity contribution in [1.82, 2.24) is 15.1 Å². The predicted octanol–water partition coefficient (Wildman–Crippen LogP) is 3.32. The molecule has 0 aliphatic rings. The number of hydrogen-bond acceptors (Lipinski definition) is 3. The van der Waals surface area contributed by atoms with Crippen molar-refractivity contribution in [1.29, 1.82) is 0 Å². The van der Waals surface area contributed by atoms with Gasteiger partial charge in [-0.05, 0) is 45.9 Å². The first-order valence-electron chi connectivity index (χ1n) is 7.58. The van der Waals surface area contributed by atoms with E-state index in [1.807, 2.05) is 6.92 Å². The quantitative estimate of drug-likeness (QED) is 0.829. The number of halogens is 2. The zero-order valence-corrected chi connectivity index (χ0v) is 15.9. The number of carboxylic acids is 1. The Hall–Kier alpha value is -2.05. The summed E-state index contributed by atoms with van der Waals surface area (Å²) in [5.41, 5.74) is 1.60. The van der Waals surface area contributed by atoms with E-state index in [9.17, 15) is 9.59 Å². The molecule has 0 atom stereocenters. The fraction of sp³-hybridized carbons (Fsp3) is 0.353. The number of rotatable bonds is 5. The van der Waals surface area contributed by atoms with Gasteiger partial charge in [-0.3, -0.25) is 4.79 Å². The van der Waals surface area contributed by atoms with Gasteiger partial charge in [-0.1, -0.05) is 23.2 Å². The van der Waals surface area contributed by atoms with E-state index < -0.39 is 11.5 Å². The van der Waals surface area contributed by atoms with Gasteiger partial charge >= 0.3 is 5.97 Å². The first-order valence-corrected chi connectivity index (χ1v) is 8.33. The van der Waals surface area contributed by atoms with Crippen molar-refractivity contribution in [3.8, 4) is 5.69 Å². The van der Waals surface area contributed by atoms with Crippen molar-refractivity contribution in [2.24, 2.45) is 0 Å². The first-order chi connectivity index (χ1) is 11.5. The molecule has 0 radical (unpaired) electrons. The zero-order valence-electron chi connectivity index (χ0n) is 14.4. The Morgan fingerprint density at radius 2 is 1.88 bits per heavy atom. The maximum Gasteiger partial charge on any atom is 0.328 e. The summed E-state index contributed by atoms with van der Waals surface area (Å²) in [5, 5.41) is 16.9. The summed E-state index contributed by atoms with van der Waals surface area (Å²) in [6.45, 7) is 6.51. The normalized spacial score (nSPS) is 11.4. The van der Waals surface area contributed by atoms with Gasteiger partial charge in [-0.2, -0.15) is 5.10 Å². The Morgan fingerprint density at radius 1 is 1.24 bits per heavy atom. The van der Waals surface area contributed by atoms with Crippen molar-refractivity contribution in [2.45, 2.75) is 39.7 Å². The number of hydrogen-bond donors (Lipinski definition) is 2. The second-order valence-electron chi connectivity index (χ2n) is 6.31. The number of carbonyl (C=O) groups is 2. The SMILES string of the molecule is Cc1nn(-c2ccc(Cl)c(Cl)c2)c(C)c1CC(=O)NC(C)(C)C(=O)O. The van der Waals surface area contributed by atoms with Crippen LogP contribution in [-0.4, -0.2) is 32.3 Å². The number of carboxylic acid groups (broad SMARTS) is 1. The van der Waals surface area contributed by atoms with Gasteiger partial charge in [0.05, 0.1) is 27.8 Å². The third-order valence-corrected chi connectivity index (χ3v) is 4.65. The smallest absolute Gasteiger partial charge is 0.328 e. The van der Waals surface area contributed by atoms with Crippen molar-refractivity contribution >= 4 is 35.1 Å². The molecule has 0 bridgehead atoms. The summed E-state index contributed by atoms with van der Waals surface area (Å²) < 4.78 is 1.68.